The second-order valence-electron chi connectivity index (χ2n) is 9.31. The molecule has 8 nitrogen and oxygen atoms in total. The largest absolute Gasteiger partial charge is 0.487 e. The molecule has 2 aromatic heterocycles. The highest BCUT2D eigenvalue weighted by atomic mass is 35.5. The highest BCUT2D eigenvalue weighted by Gasteiger charge is 2.23. The molecule has 0 saturated heterocycles. The minimum atomic E-state index is 0.363. The van der Waals surface area contributed by atoms with E-state index < -0.39 is 0 Å². The van der Waals surface area contributed by atoms with E-state index in [2.05, 4.69) is 44.6 Å². The fourth-order valence-electron chi connectivity index (χ4n) is 4.50. The summed E-state index contributed by atoms with van der Waals surface area (Å²) < 4.78 is 5.89. The third-order valence-electron chi connectivity index (χ3n) is 6.57. The van der Waals surface area contributed by atoms with Gasteiger partial charge >= 0.3 is 0 Å². The molecule has 2 N–H and O–H groups in total. The van der Waals surface area contributed by atoms with Crippen LogP contribution < -0.4 is 15.4 Å². The summed E-state index contributed by atoms with van der Waals surface area (Å²) >= 11 is 6.51. The van der Waals surface area contributed by atoms with Crippen LogP contribution in [0.5, 0.6) is 5.75 Å². The van der Waals surface area contributed by atoms with Crippen molar-refractivity contribution in [2.45, 2.75) is 44.4 Å². The second-order valence-corrected chi connectivity index (χ2v) is 9.71. The molecular weight excluding hydrogens is 474 g/mol. The lowest BCUT2D eigenvalue weighted by Crippen LogP contribution is -2.36. The van der Waals surface area contributed by atoms with Crippen LogP contribution >= 0.6 is 11.6 Å². The van der Waals surface area contributed by atoms with Gasteiger partial charge in [-0.1, -0.05) is 41.9 Å². The zero-order valence-electron chi connectivity index (χ0n) is 20.5. The number of ether oxygens (including phenoxy) is 1. The minimum Gasteiger partial charge on any atom is -0.487 e. The first kappa shape index (κ1) is 24.2. The summed E-state index contributed by atoms with van der Waals surface area (Å²) in [7, 11) is 4.30. The zero-order valence-corrected chi connectivity index (χ0v) is 21.2. The number of hydrogen-bond donors (Lipinski definition) is 2. The van der Waals surface area contributed by atoms with Crippen LogP contribution in [-0.4, -0.2) is 51.0 Å². The number of aromatic nitrogens is 4. The molecule has 186 valence electrons. The Morgan fingerprint density at radius 3 is 2.56 bits per heavy atom. The van der Waals surface area contributed by atoms with Crippen LogP contribution in [0, 0.1) is 0 Å². The van der Waals surface area contributed by atoms with Gasteiger partial charge in [0.1, 0.15) is 29.7 Å². The molecule has 2 aromatic carbocycles. The summed E-state index contributed by atoms with van der Waals surface area (Å²) in [5.41, 5.74) is 3.18. The molecule has 2 heterocycles. The number of nitrogens with zero attached hydrogens (tertiary/aromatic N) is 5. The highest BCUT2D eigenvalue weighted by molar-refractivity contribution is 6.32. The van der Waals surface area contributed by atoms with Crippen molar-refractivity contribution in [3.63, 3.8) is 0 Å². The number of fused-ring (bicyclic) bond motifs is 1. The van der Waals surface area contributed by atoms with Gasteiger partial charge in [0, 0.05) is 17.8 Å². The maximum absolute atomic E-state index is 6.51. The van der Waals surface area contributed by atoms with Crippen molar-refractivity contribution in [3.05, 3.63) is 71.6 Å². The van der Waals surface area contributed by atoms with Crippen LogP contribution in [0.25, 0.3) is 11.0 Å². The maximum atomic E-state index is 6.51. The number of anilines is 3. The van der Waals surface area contributed by atoms with Crippen molar-refractivity contribution in [2.75, 3.05) is 24.7 Å². The molecule has 1 saturated carbocycles. The Kier molecular flexibility index (Phi) is 7.44. The number of rotatable bonds is 8. The molecule has 1 aliphatic carbocycles. The van der Waals surface area contributed by atoms with Gasteiger partial charge in [-0.3, -0.25) is 0 Å². The Labute approximate surface area is 216 Å². The molecule has 0 atom stereocenters. The fourth-order valence-corrected chi connectivity index (χ4v) is 4.74. The minimum absolute atomic E-state index is 0.363. The molecule has 0 bridgehead atoms. The molecule has 1 aliphatic rings. The Hall–Kier alpha value is -3.49. The molecule has 0 amide bonds. The Bertz CT molecular complexity index is 1310. The van der Waals surface area contributed by atoms with Crippen LogP contribution in [0.15, 0.2) is 61.1 Å². The van der Waals surface area contributed by atoms with Crippen LogP contribution in [0.2, 0.25) is 5.02 Å². The number of nitrogens with one attached hydrogen (secondary N) is 2. The second kappa shape index (κ2) is 11.1. The first-order valence-electron chi connectivity index (χ1n) is 12.2. The predicted octanol–water partition coefficient (Wildman–Crippen LogP) is 5.68. The van der Waals surface area contributed by atoms with Crippen molar-refractivity contribution in [1.82, 2.24) is 24.8 Å². The van der Waals surface area contributed by atoms with E-state index >= 15 is 0 Å². The maximum Gasteiger partial charge on any atom is 0.223 e. The normalized spacial score (nSPS) is 17.8. The molecule has 0 radical (unpaired) electrons. The smallest absolute Gasteiger partial charge is 0.223 e. The van der Waals surface area contributed by atoms with E-state index in [1.54, 1.807) is 6.20 Å². The van der Waals surface area contributed by atoms with Gasteiger partial charge in [0.15, 0.2) is 5.82 Å². The molecule has 4 aromatic rings. The van der Waals surface area contributed by atoms with Crippen LogP contribution in [0.4, 0.5) is 17.5 Å². The van der Waals surface area contributed by atoms with Crippen molar-refractivity contribution < 1.29 is 4.74 Å². The molecule has 36 heavy (non-hydrogen) atoms. The first-order valence-corrected chi connectivity index (χ1v) is 12.6. The summed E-state index contributed by atoms with van der Waals surface area (Å²) in [5, 5.41) is 7.34. The summed E-state index contributed by atoms with van der Waals surface area (Å²) in [4.78, 5) is 20.3. The molecule has 1 fully saturated rings. The van der Waals surface area contributed by atoms with E-state index in [-0.39, 0.29) is 0 Å². The monoisotopic (exact) mass is 503 g/mol. The van der Waals surface area contributed by atoms with E-state index in [1.807, 2.05) is 48.5 Å². The quantitative estimate of drug-likeness (QED) is 0.317. The number of benzene rings is 2. The Morgan fingerprint density at radius 1 is 1.00 bits per heavy atom. The van der Waals surface area contributed by atoms with Gasteiger partial charge in [-0.25, -0.2) is 19.9 Å². The lowest BCUT2D eigenvalue weighted by Gasteiger charge is -2.32. The standard InChI is InChI=1S/C27H30ClN7O/c1-35(2)21-11-8-19(9-12-21)33-27-29-15-23-25(34-27)26(31-17-30-23)32-20-10-13-24(22(28)14-20)36-16-18-6-4-3-5-7-18/h3-7,10,13-15,17,19,21H,8-9,11-12,16H2,1-2H3,(H,29,33,34)(H,30,31,32)/t19-,21-. The zero-order chi connectivity index (χ0) is 24.9. The van der Waals surface area contributed by atoms with Crippen molar-refractivity contribution in [3.8, 4) is 5.75 Å². The van der Waals surface area contributed by atoms with Crippen molar-refractivity contribution in [2.24, 2.45) is 0 Å². The average molecular weight is 504 g/mol. The molecule has 0 unspecified atom stereocenters. The van der Waals surface area contributed by atoms with Gasteiger partial charge in [-0.05, 0) is 63.5 Å². The van der Waals surface area contributed by atoms with Crippen LogP contribution in [0.1, 0.15) is 31.2 Å². The predicted molar refractivity (Wildman–Crippen MR) is 144 cm³/mol. The van der Waals surface area contributed by atoms with Crippen LogP contribution in [-0.2, 0) is 6.61 Å². The number of hydrogen-bond acceptors (Lipinski definition) is 8. The van der Waals surface area contributed by atoms with Gasteiger partial charge in [-0.2, -0.15) is 0 Å². The summed E-state index contributed by atoms with van der Waals surface area (Å²) in [6.45, 7) is 0.452. The fraction of sp³-hybridized carbons (Fsp3) is 0.333. The lowest BCUT2D eigenvalue weighted by atomic mass is 9.91. The lowest BCUT2D eigenvalue weighted by molar-refractivity contribution is 0.221. The average Bonchev–Trinajstić information content (AvgIpc) is 2.89. The summed E-state index contributed by atoms with van der Waals surface area (Å²) in [5.74, 6) is 1.81. The first-order chi connectivity index (χ1) is 17.5. The van der Waals surface area contributed by atoms with Gasteiger partial charge in [-0.15, -0.1) is 0 Å². The van der Waals surface area contributed by atoms with Gasteiger partial charge in [0.05, 0.1) is 11.2 Å². The Balaban J connectivity index is 1.28. The SMILES string of the molecule is CN(C)[C@H]1CC[C@H](Nc2ncc3ncnc(Nc4ccc(OCc5ccccc5)c(Cl)c4)c3n2)CC1. The van der Waals surface area contributed by atoms with Crippen LogP contribution in [0.3, 0.4) is 0 Å². The van der Waals surface area contributed by atoms with E-state index in [1.165, 1.54) is 19.2 Å². The van der Waals surface area contributed by atoms with Gasteiger partial charge in [0.2, 0.25) is 5.95 Å². The molecular formula is C27H30ClN7O. The van der Waals surface area contributed by atoms with E-state index in [9.17, 15) is 0 Å². The summed E-state index contributed by atoms with van der Waals surface area (Å²) in [6, 6.07) is 16.6. The van der Waals surface area contributed by atoms with E-state index in [0.717, 1.165) is 24.1 Å². The third-order valence-corrected chi connectivity index (χ3v) is 6.86. The van der Waals surface area contributed by atoms with Gasteiger partial charge < -0.3 is 20.3 Å². The van der Waals surface area contributed by atoms with Crippen molar-refractivity contribution in [1.29, 1.82) is 0 Å². The molecule has 5 rings (SSSR count). The van der Waals surface area contributed by atoms with E-state index in [4.69, 9.17) is 21.3 Å². The summed E-state index contributed by atoms with van der Waals surface area (Å²) in [6.07, 6.45) is 7.76. The van der Waals surface area contributed by atoms with Crippen molar-refractivity contribution >= 4 is 40.1 Å². The third kappa shape index (κ3) is 5.83. The van der Waals surface area contributed by atoms with Gasteiger partial charge in [0.25, 0.3) is 0 Å². The molecule has 9 heteroatoms. The molecule has 0 spiro atoms. The number of halogens is 1. The topological polar surface area (TPSA) is 88.1 Å². The highest BCUT2D eigenvalue weighted by Crippen LogP contribution is 2.31. The van der Waals surface area contributed by atoms with E-state index in [0.29, 0.717) is 52.3 Å². The Morgan fingerprint density at radius 2 is 1.81 bits per heavy atom. The molecule has 0 aliphatic heterocycles.